The highest BCUT2D eigenvalue weighted by atomic mass is 35.5. The molecule has 0 aliphatic rings. The lowest BCUT2D eigenvalue weighted by atomic mass is 10.0. The highest BCUT2D eigenvalue weighted by molar-refractivity contribution is 7.92. The van der Waals surface area contributed by atoms with Crippen LogP contribution in [0, 0.1) is 11.7 Å². The van der Waals surface area contributed by atoms with Crippen molar-refractivity contribution in [2.75, 3.05) is 24.0 Å². The molecule has 8 nitrogen and oxygen atoms in total. The van der Waals surface area contributed by atoms with Crippen molar-refractivity contribution in [3.8, 4) is 5.75 Å². The summed E-state index contributed by atoms with van der Waals surface area (Å²) in [5.74, 6) is -0.941. The Balaban J connectivity index is 1.80. The fourth-order valence-corrected chi connectivity index (χ4v) is 6.53. The second-order valence-corrected chi connectivity index (χ2v) is 13.6. The SMILES string of the molecule is CCOc1ccc(N(CC(=O)N(Cc2ccccc2Cl)C(Cc2ccccc2)C(=O)NCC(C)C)S(=O)(=O)c2ccc(F)cc2)cc1. The Kier molecular flexibility index (Phi) is 12.4. The Morgan fingerprint density at radius 1 is 0.894 bits per heavy atom. The maximum Gasteiger partial charge on any atom is 0.264 e. The molecule has 4 rings (SSSR count). The normalized spacial score (nSPS) is 12.0. The first-order chi connectivity index (χ1) is 22.5. The monoisotopic (exact) mass is 679 g/mol. The number of halogens is 2. The van der Waals surface area contributed by atoms with Gasteiger partial charge >= 0.3 is 0 Å². The van der Waals surface area contributed by atoms with Crippen LogP contribution in [0.2, 0.25) is 5.02 Å². The Bertz CT molecular complexity index is 1740. The van der Waals surface area contributed by atoms with Crippen molar-refractivity contribution in [1.82, 2.24) is 10.2 Å². The Morgan fingerprint density at radius 3 is 2.15 bits per heavy atom. The van der Waals surface area contributed by atoms with Gasteiger partial charge in [-0.25, -0.2) is 12.8 Å². The van der Waals surface area contributed by atoms with E-state index in [1.807, 2.05) is 51.1 Å². The zero-order valence-corrected chi connectivity index (χ0v) is 28.2. The molecule has 4 aromatic carbocycles. The fraction of sp³-hybridized carbons (Fsp3) is 0.278. The van der Waals surface area contributed by atoms with Crippen LogP contribution in [-0.2, 0) is 32.6 Å². The van der Waals surface area contributed by atoms with Gasteiger partial charge in [0.15, 0.2) is 0 Å². The second kappa shape index (κ2) is 16.4. The van der Waals surface area contributed by atoms with E-state index >= 15 is 0 Å². The molecule has 0 aromatic heterocycles. The van der Waals surface area contributed by atoms with Gasteiger partial charge in [-0.05, 0) is 78.6 Å². The lowest BCUT2D eigenvalue weighted by Gasteiger charge is -2.34. The number of amides is 2. The van der Waals surface area contributed by atoms with Gasteiger partial charge in [0.25, 0.3) is 10.0 Å². The van der Waals surface area contributed by atoms with Gasteiger partial charge in [0.2, 0.25) is 11.8 Å². The predicted octanol–water partition coefficient (Wildman–Crippen LogP) is 6.49. The molecule has 11 heteroatoms. The van der Waals surface area contributed by atoms with Crippen LogP contribution < -0.4 is 14.4 Å². The van der Waals surface area contributed by atoms with Crippen LogP contribution in [0.1, 0.15) is 31.9 Å². The van der Waals surface area contributed by atoms with E-state index in [9.17, 15) is 22.4 Å². The number of benzene rings is 4. The first kappa shape index (κ1) is 35.4. The summed E-state index contributed by atoms with van der Waals surface area (Å²) in [5.41, 5.74) is 1.59. The minimum Gasteiger partial charge on any atom is -0.494 e. The van der Waals surface area contributed by atoms with Crippen LogP contribution in [0.25, 0.3) is 0 Å². The number of hydrogen-bond donors (Lipinski definition) is 1. The lowest BCUT2D eigenvalue weighted by molar-refractivity contribution is -0.140. The summed E-state index contributed by atoms with van der Waals surface area (Å²) in [6, 6.07) is 25.9. The van der Waals surface area contributed by atoms with Crippen molar-refractivity contribution in [2.45, 2.75) is 44.7 Å². The number of anilines is 1. The minimum absolute atomic E-state index is 0.0567. The van der Waals surface area contributed by atoms with Crippen LogP contribution >= 0.6 is 11.6 Å². The summed E-state index contributed by atoms with van der Waals surface area (Å²) < 4.78 is 48.5. The Labute approximate surface area is 281 Å². The van der Waals surface area contributed by atoms with E-state index in [-0.39, 0.29) is 35.4 Å². The summed E-state index contributed by atoms with van der Waals surface area (Å²) in [4.78, 5) is 29.6. The van der Waals surface area contributed by atoms with Gasteiger partial charge in [0.1, 0.15) is 24.2 Å². The topological polar surface area (TPSA) is 96.0 Å². The van der Waals surface area contributed by atoms with Gasteiger partial charge < -0.3 is 15.0 Å². The quantitative estimate of drug-likeness (QED) is 0.155. The van der Waals surface area contributed by atoms with E-state index in [1.54, 1.807) is 36.4 Å². The second-order valence-electron chi connectivity index (χ2n) is 11.4. The molecule has 0 bridgehead atoms. The summed E-state index contributed by atoms with van der Waals surface area (Å²) in [5, 5.41) is 3.35. The van der Waals surface area contributed by atoms with E-state index in [0.29, 0.717) is 29.5 Å². The number of nitrogens with zero attached hydrogens (tertiary/aromatic N) is 2. The molecule has 47 heavy (non-hydrogen) atoms. The van der Waals surface area contributed by atoms with Gasteiger partial charge in [-0.2, -0.15) is 0 Å². The molecule has 248 valence electrons. The van der Waals surface area contributed by atoms with Gasteiger partial charge in [0, 0.05) is 24.5 Å². The van der Waals surface area contributed by atoms with Crippen LogP contribution in [-0.4, -0.2) is 50.9 Å². The molecule has 1 N–H and O–H groups in total. The average molecular weight is 680 g/mol. The highest BCUT2D eigenvalue weighted by Gasteiger charge is 2.35. The van der Waals surface area contributed by atoms with Crippen molar-refractivity contribution in [3.05, 3.63) is 125 Å². The molecule has 0 aliphatic heterocycles. The zero-order valence-electron chi connectivity index (χ0n) is 26.6. The molecule has 0 saturated carbocycles. The number of rotatable bonds is 15. The molecule has 0 saturated heterocycles. The lowest BCUT2D eigenvalue weighted by Crippen LogP contribution is -2.53. The number of carbonyl (C=O) groups is 2. The molecule has 0 fully saturated rings. The molecule has 0 heterocycles. The maximum absolute atomic E-state index is 14.5. The van der Waals surface area contributed by atoms with E-state index in [1.165, 1.54) is 17.0 Å². The largest absolute Gasteiger partial charge is 0.494 e. The average Bonchev–Trinajstić information content (AvgIpc) is 3.06. The number of carbonyl (C=O) groups excluding carboxylic acids is 2. The van der Waals surface area contributed by atoms with Crippen molar-refractivity contribution >= 4 is 39.1 Å². The first-order valence-electron chi connectivity index (χ1n) is 15.3. The smallest absolute Gasteiger partial charge is 0.264 e. The zero-order chi connectivity index (χ0) is 34.0. The van der Waals surface area contributed by atoms with E-state index in [2.05, 4.69) is 5.32 Å². The molecule has 0 aliphatic carbocycles. The van der Waals surface area contributed by atoms with Crippen LogP contribution in [0.15, 0.2) is 108 Å². The van der Waals surface area contributed by atoms with E-state index < -0.39 is 34.3 Å². The van der Waals surface area contributed by atoms with E-state index in [4.69, 9.17) is 16.3 Å². The molecule has 1 atom stereocenters. The first-order valence-corrected chi connectivity index (χ1v) is 17.2. The molecule has 0 radical (unpaired) electrons. The molecule has 1 unspecified atom stereocenters. The predicted molar refractivity (Wildman–Crippen MR) is 182 cm³/mol. The van der Waals surface area contributed by atoms with Crippen molar-refractivity contribution in [3.63, 3.8) is 0 Å². The van der Waals surface area contributed by atoms with Gasteiger partial charge in [-0.3, -0.25) is 13.9 Å². The van der Waals surface area contributed by atoms with Gasteiger partial charge in [-0.15, -0.1) is 0 Å². The van der Waals surface area contributed by atoms with Crippen LogP contribution in [0.5, 0.6) is 5.75 Å². The summed E-state index contributed by atoms with van der Waals surface area (Å²) in [7, 11) is -4.38. The van der Waals surface area contributed by atoms with E-state index in [0.717, 1.165) is 34.1 Å². The third-order valence-corrected chi connectivity index (χ3v) is 9.53. The molecule has 0 spiro atoms. The maximum atomic E-state index is 14.5. The summed E-state index contributed by atoms with van der Waals surface area (Å²) in [6.07, 6.45) is 0.175. The van der Waals surface area contributed by atoms with Crippen molar-refractivity contribution in [1.29, 1.82) is 0 Å². The van der Waals surface area contributed by atoms with Gasteiger partial charge in [-0.1, -0.05) is 74.0 Å². The van der Waals surface area contributed by atoms with Crippen molar-refractivity contribution in [2.24, 2.45) is 5.92 Å². The number of ether oxygens (including phenoxy) is 1. The standard InChI is InChI=1S/C36H39ClFN3O5S/c1-4-46-31-18-16-30(17-19-31)41(47(44,45)32-20-14-29(38)15-21-32)25-35(42)40(24-28-12-8-9-13-33(28)37)34(36(43)39-23-26(2)3)22-27-10-6-5-7-11-27/h5-21,26,34H,4,22-25H2,1-3H3,(H,39,43). The van der Waals surface area contributed by atoms with Crippen LogP contribution in [0.3, 0.4) is 0 Å². The third kappa shape index (κ3) is 9.56. The number of sulfonamides is 1. The van der Waals surface area contributed by atoms with Gasteiger partial charge in [0.05, 0.1) is 17.2 Å². The minimum atomic E-state index is -4.38. The Morgan fingerprint density at radius 2 is 1.53 bits per heavy atom. The number of hydrogen-bond acceptors (Lipinski definition) is 5. The molecular formula is C36H39ClFN3O5S. The third-order valence-electron chi connectivity index (χ3n) is 7.37. The highest BCUT2D eigenvalue weighted by Crippen LogP contribution is 2.28. The fourth-order valence-electron chi connectivity index (χ4n) is 4.92. The molecule has 4 aromatic rings. The summed E-state index contributed by atoms with van der Waals surface area (Å²) in [6.45, 7) is 5.85. The molecular weight excluding hydrogens is 641 g/mol. The summed E-state index contributed by atoms with van der Waals surface area (Å²) >= 11 is 6.54. The van der Waals surface area contributed by atoms with Crippen molar-refractivity contribution < 1.29 is 27.1 Å². The number of nitrogens with one attached hydrogen (secondary N) is 1. The molecule has 2 amide bonds. The van der Waals surface area contributed by atoms with Crippen LogP contribution in [0.4, 0.5) is 10.1 Å². The Hall–Kier alpha value is -4.41.